The van der Waals surface area contributed by atoms with Gasteiger partial charge in [0.15, 0.2) is 0 Å². The third kappa shape index (κ3) is 2.07. The number of methoxy groups -OCH3 is 1. The molecule has 0 aliphatic heterocycles. The molecule has 3 aliphatic rings. The van der Waals surface area contributed by atoms with E-state index in [1.807, 2.05) is 4.68 Å². The standard InChI is InChI=1S/C16H24ClN3O/c1-18-15(14-12-9-3-4-10(7-9)13(12)14)16-11(17)8-19-20(16)5-6-21-2/h8-10,12-15,18H,3-7H2,1-2H3. The molecule has 1 aromatic rings. The van der Waals surface area contributed by atoms with Crippen molar-refractivity contribution in [3.8, 4) is 0 Å². The first-order chi connectivity index (χ1) is 10.3. The zero-order chi connectivity index (χ0) is 14.6. The van der Waals surface area contributed by atoms with Gasteiger partial charge in [0.2, 0.25) is 0 Å². The van der Waals surface area contributed by atoms with Gasteiger partial charge in [0.1, 0.15) is 0 Å². The van der Waals surface area contributed by atoms with Crippen molar-refractivity contribution in [1.82, 2.24) is 15.1 Å². The first-order valence-corrected chi connectivity index (χ1v) is 8.51. The molecular formula is C16H24ClN3O. The molecule has 0 spiro atoms. The summed E-state index contributed by atoms with van der Waals surface area (Å²) in [6, 6.07) is 0.343. The van der Waals surface area contributed by atoms with E-state index in [1.54, 1.807) is 13.3 Å². The molecule has 0 amide bonds. The molecule has 5 heteroatoms. The summed E-state index contributed by atoms with van der Waals surface area (Å²) >= 11 is 6.45. The van der Waals surface area contributed by atoms with Crippen LogP contribution in [0.25, 0.3) is 0 Å². The van der Waals surface area contributed by atoms with Crippen molar-refractivity contribution in [2.24, 2.45) is 29.6 Å². The van der Waals surface area contributed by atoms with Crippen LogP contribution in [-0.2, 0) is 11.3 Å². The minimum Gasteiger partial charge on any atom is -0.383 e. The minimum absolute atomic E-state index is 0.343. The van der Waals surface area contributed by atoms with Crippen LogP contribution in [0.5, 0.6) is 0 Å². The van der Waals surface area contributed by atoms with E-state index >= 15 is 0 Å². The van der Waals surface area contributed by atoms with Crippen molar-refractivity contribution < 1.29 is 4.74 Å². The van der Waals surface area contributed by atoms with Crippen LogP contribution in [0, 0.1) is 29.6 Å². The van der Waals surface area contributed by atoms with Gasteiger partial charge in [-0.25, -0.2) is 0 Å². The quantitative estimate of drug-likeness (QED) is 0.878. The minimum atomic E-state index is 0.343. The van der Waals surface area contributed by atoms with Crippen LogP contribution in [0.15, 0.2) is 6.20 Å². The lowest BCUT2D eigenvalue weighted by molar-refractivity contribution is 0.181. The van der Waals surface area contributed by atoms with E-state index in [1.165, 1.54) is 19.3 Å². The number of ether oxygens (including phenoxy) is 1. The fraction of sp³-hybridized carbons (Fsp3) is 0.812. The van der Waals surface area contributed by atoms with Crippen LogP contribution < -0.4 is 5.32 Å². The summed E-state index contributed by atoms with van der Waals surface area (Å²) in [6.45, 7) is 1.44. The molecule has 1 N–H and O–H groups in total. The average molecular weight is 310 g/mol. The van der Waals surface area contributed by atoms with Crippen molar-refractivity contribution in [2.45, 2.75) is 31.8 Å². The van der Waals surface area contributed by atoms with Crippen LogP contribution in [0.4, 0.5) is 0 Å². The van der Waals surface area contributed by atoms with Crippen molar-refractivity contribution in [2.75, 3.05) is 20.8 Å². The van der Waals surface area contributed by atoms with Crippen molar-refractivity contribution in [1.29, 1.82) is 0 Å². The highest BCUT2D eigenvalue weighted by molar-refractivity contribution is 6.31. The maximum absolute atomic E-state index is 6.45. The number of aromatic nitrogens is 2. The molecule has 0 saturated heterocycles. The van der Waals surface area contributed by atoms with Gasteiger partial charge in [-0.05, 0) is 55.9 Å². The third-order valence-corrected chi connectivity index (χ3v) is 6.42. The van der Waals surface area contributed by atoms with Gasteiger partial charge in [-0.3, -0.25) is 4.68 Å². The van der Waals surface area contributed by atoms with Gasteiger partial charge < -0.3 is 10.1 Å². The SMILES string of the molecule is CNC(c1c(Cl)cnn1CCOC)C1C2C3CCC(C3)C21. The van der Waals surface area contributed by atoms with Gasteiger partial charge in [0, 0.05) is 7.11 Å². The highest BCUT2D eigenvalue weighted by Gasteiger charge is 2.67. The number of halogens is 1. The van der Waals surface area contributed by atoms with Gasteiger partial charge in [-0.2, -0.15) is 5.10 Å². The van der Waals surface area contributed by atoms with Gasteiger partial charge in [-0.15, -0.1) is 0 Å². The van der Waals surface area contributed by atoms with Crippen LogP contribution in [0.3, 0.4) is 0 Å². The molecule has 4 rings (SSSR count). The normalized spacial score (nSPS) is 37.8. The van der Waals surface area contributed by atoms with E-state index in [-0.39, 0.29) is 0 Å². The maximum Gasteiger partial charge on any atom is 0.0834 e. The second-order valence-electron chi connectivity index (χ2n) is 6.93. The molecule has 0 aromatic carbocycles. The Bertz CT molecular complexity index is 516. The third-order valence-electron chi connectivity index (χ3n) is 6.13. The van der Waals surface area contributed by atoms with Gasteiger partial charge in [-0.1, -0.05) is 11.6 Å². The van der Waals surface area contributed by atoms with E-state index in [4.69, 9.17) is 16.3 Å². The molecule has 116 valence electrons. The van der Waals surface area contributed by atoms with E-state index in [9.17, 15) is 0 Å². The maximum atomic E-state index is 6.45. The summed E-state index contributed by atoms with van der Waals surface area (Å²) in [5.74, 6) is 4.59. The van der Waals surface area contributed by atoms with E-state index < -0.39 is 0 Å². The molecular weight excluding hydrogens is 286 g/mol. The molecule has 2 bridgehead atoms. The molecule has 1 aromatic heterocycles. The first-order valence-electron chi connectivity index (χ1n) is 8.13. The zero-order valence-corrected chi connectivity index (χ0v) is 13.5. The van der Waals surface area contributed by atoms with Crippen molar-refractivity contribution >= 4 is 11.6 Å². The predicted octanol–water partition coefficient (Wildman–Crippen LogP) is 2.74. The van der Waals surface area contributed by atoms with Crippen LogP contribution in [0.1, 0.15) is 31.0 Å². The fourth-order valence-electron chi connectivity index (χ4n) is 5.39. The van der Waals surface area contributed by atoms with Crippen molar-refractivity contribution in [3.05, 3.63) is 16.9 Å². The smallest absolute Gasteiger partial charge is 0.0834 e. The van der Waals surface area contributed by atoms with Gasteiger partial charge >= 0.3 is 0 Å². The second-order valence-corrected chi connectivity index (χ2v) is 7.33. The summed E-state index contributed by atoms with van der Waals surface area (Å²) in [5, 5.41) is 8.77. The predicted molar refractivity (Wildman–Crippen MR) is 82.2 cm³/mol. The van der Waals surface area contributed by atoms with Crippen LogP contribution >= 0.6 is 11.6 Å². The molecule has 3 fully saturated rings. The number of fused-ring (bicyclic) bond motifs is 5. The number of nitrogens with one attached hydrogen (secondary N) is 1. The highest BCUT2D eigenvalue weighted by Crippen LogP contribution is 2.72. The summed E-state index contributed by atoms with van der Waals surface area (Å²) in [6.07, 6.45) is 6.17. The molecule has 0 radical (unpaired) electrons. The Hall–Kier alpha value is -0.580. The lowest BCUT2D eigenvalue weighted by Crippen LogP contribution is -2.26. The van der Waals surface area contributed by atoms with Gasteiger partial charge in [0.05, 0.1) is 36.1 Å². The number of hydrogen-bond acceptors (Lipinski definition) is 3. The molecule has 3 aliphatic carbocycles. The van der Waals surface area contributed by atoms with E-state index in [2.05, 4.69) is 17.5 Å². The van der Waals surface area contributed by atoms with E-state index in [0.29, 0.717) is 12.6 Å². The second kappa shape index (κ2) is 5.25. The molecule has 3 saturated carbocycles. The molecule has 4 nitrogen and oxygen atoms in total. The van der Waals surface area contributed by atoms with Crippen LogP contribution in [-0.4, -0.2) is 30.5 Å². The average Bonchev–Trinajstić information content (AvgIpc) is 2.80. The monoisotopic (exact) mass is 309 g/mol. The Balaban J connectivity index is 1.58. The van der Waals surface area contributed by atoms with E-state index in [0.717, 1.165) is 46.9 Å². The fourth-order valence-corrected chi connectivity index (χ4v) is 5.65. The first kappa shape index (κ1) is 14.0. The largest absolute Gasteiger partial charge is 0.383 e. The Morgan fingerprint density at radius 2 is 2.14 bits per heavy atom. The molecule has 1 heterocycles. The topological polar surface area (TPSA) is 39.1 Å². The number of hydrogen-bond donors (Lipinski definition) is 1. The lowest BCUT2D eigenvalue weighted by Gasteiger charge is -2.22. The van der Waals surface area contributed by atoms with Crippen LogP contribution in [0.2, 0.25) is 5.02 Å². The Kier molecular flexibility index (Phi) is 3.51. The number of nitrogens with zero attached hydrogens (tertiary/aromatic N) is 2. The molecule has 5 atom stereocenters. The molecule has 5 unspecified atom stereocenters. The summed E-state index contributed by atoms with van der Waals surface area (Å²) < 4.78 is 7.22. The molecule has 21 heavy (non-hydrogen) atoms. The summed E-state index contributed by atoms with van der Waals surface area (Å²) in [5.41, 5.74) is 1.16. The summed E-state index contributed by atoms with van der Waals surface area (Å²) in [7, 11) is 3.79. The van der Waals surface area contributed by atoms with Gasteiger partial charge in [0.25, 0.3) is 0 Å². The Morgan fingerprint density at radius 3 is 2.76 bits per heavy atom. The lowest BCUT2D eigenvalue weighted by atomic mass is 9.95. The zero-order valence-electron chi connectivity index (χ0n) is 12.8. The highest BCUT2D eigenvalue weighted by atomic mass is 35.5. The Morgan fingerprint density at radius 1 is 1.43 bits per heavy atom. The Labute approximate surface area is 131 Å². The van der Waals surface area contributed by atoms with Crippen molar-refractivity contribution in [3.63, 3.8) is 0 Å². The number of rotatable bonds is 6. The summed E-state index contributed by atoms with van der Waals surface area (Å²) in [4.78, 5) is 0.